The van der Waals surface area contributed by atoms with Crippen molar-refractivity contribution in [3.05, 3.63) is 94.6 Å². The minimum Gasteiger partial charge on any atom is -0.496 e. The average Bonchev–Trinajstić information content (AvgIpc) is 3.17. The van der Waals surface area contributed by atoms with Gasteiger partial charge in [0.25, 0.3) is 23.6 Å². The lowest BCUT2D eigenvalue weighted by atomic mass is 10.0. The molecule has 2 aliphatic rings. The van der Waals surface area contributed by atoms with Crippen molar-refractivity contribution in [2.75, 3.05) is 18.6 Å². The molecule has 1 saturated heterocycles. The highest BCUT2D eigenvalue weighted by atomic mass is 16.5. The van der Waals surface area contributed by atoms with Gasteiger partial charge >= 0.3 is 6.03 Å². The van der Waals surface area contributed by atoms with Crippen LogP contribution in [0.3, 0.4) is 0 Å². The van der Waals surface area contributed by atoms with Gasteiger partial charge in [-0.25, -0.2) is 9.69 Å². The number of carbonyl (C=O) groups is 5. The van der Waals surface area contributed by atoms with E-state index >= 15 is 0 Å². The zero-order valence-corrected chi connectivity index (χ0v) is 21.1. The number of amides is 6. The van der Waals surface area contributed by atoms with E-state index in [0.29, 0.717) is 40.4 Å². The third kappa shape index (κ3) is 4.63. The fraction of sp³-hybridized carbons (Fsp3) is 0.138. The summed E-state index contributed by atoms with van der Waals surface area (Å²) in [6.07, 6.45) is 1.34. The predicted octanol–water partition coefficient (Wildman–Crippen LogP) is 3.56. The van der Waals surface area contributed by atoms with Crippen LogP contribution in [0, 0.1) is 0 Å². The number of nitrogens with zero attached hydrogens (tertiary/aromatic N) is 2. The Bertz CT molecular complexity index is 1520. The number of imide groups is 3. The zero-order valence-electron chi connectivity index (χ0n) is 21.1. The van der Waals surface area contributed by atoms with Gasteiger partial charge in [0.1, 0.15) is 17.1 Å². The summed E-state index contributed by atoms with van der Waals surface area (Å²) in [6, 6.07) is 16.9. The maximum Gasteiger partial charge on any atom is 0.335 e. The molecule has 0 radical (unpaired) electrons. The van der Waals surface area contributed by atoms with Gasteiger partial charge < -0.3 is 9.47 Å². The molecule has 0 aromatic heterocycles. The van der Waals surface area contributed by atoms with Gasteiger partial charge in [0.15, 0.2) is 0 Å². The van der Waals surface area contributed by atoms with Crippen molar-refractivity contribution < 1.29 is 33.4 Å². The van der Waals surface area contributed by atoms with Gasteiger partial charge in [-0.3, -0.25) is 29.4 Å². The first-order valence-corrected chi connectivity index (χ1v) is 12.1. The molecule has 3 aromatic rings. The van der Waals surface area contributed by atoms with E-state index in [1.165, 1.54) is 13.2 Å². The summed E-state index contributed by atoms with van der Waals surface area (Å²) in [4.78, 5) is 66.2. The molecule has 10 nitrogen and oxygen atoms in total. The lowest BCUT2D eigenvalue weighted by molar-refractivity contribution is -0.122. The van der Waals surface area contributed by atoms with Crippen molar-refractivity contribution >= 4 is 41.4 Å². The summed E-state index contributed by atoms with van der Waals surface area (Å²) in [5.74, 6) is -1.50. The molecule has 6 amide bonds. The molecule has 0 saturated carbocycles. The van der Waals surface area contributed by atoms with Crippen LogP contribution in [0.15, 0.2) is 72.3 Å². The van der Waals surface area contributed by atoms with Gasteiger partial charge in [-0.1, -0.05) is 18.2 Å². The molecule has 39 heavy (non-hydrogen) atoms. The number of anilines is 1. The molecule has 0 unspecified atom stereocenters. The number of urea groups is 1. The molecule has 3 aromatic carbocycles. The first-order valence-electron chi connectivity index (χ1n) is 12.1. The van der Waals surface area contributed by atoms with Gasteiger partial charge in [0.2, 0.25) is 0 Å². The Kier molecular flexibility index (Phi) is 6.68. The molecular weight excluding hydrogens is 502 g/mol. The van der Waals surface area contributed by atoms with Crippen molar-refractivity contribution in [2.45, 2.75) is 13.5 Å². The van der Waals surface area contributed by atoms with E-state index in [1.54, 1.807) is 66.7 Å². The number of ether oxygens (including phenoxy) is 2. The summed E-state index contributed by atoms with van der Waals surface area (Å²) in [5.41, 5.74) is 1.57. The van der Waals surface area contributed by atoms with Crippen LogP contribution in [-0.4, -0.2) is 48.3 Å². The number of nitrogens with one attached hydrogen (secondary N) is 1. The van der Waals surface area contributed by atoms with Crippen LogP contribution in [0.25, 0.3) is 6.08 Å². The second-order valence-corrected chi connectivity index (χ2v) is 8.70. The Labute approximate surface area is 223 Å². The molecule has 0 atom stereocenters. The molecular formula is C29H23N3O7. The van der Waals surface area contributed by atoms with Crippen molar-refractivity contribution in [3.8, 4) is 11.5 Å². The largest absolute Gasteiger partial charge is 0.496 e. The van der Waals surface area contributed by atoms with Crippen molar-refractivity contribution in [1.29, 1.82) is 0 Å². The van der Waals surface area contributed by atoms with E-state index in [-0.39, 0.29) is 17.8 Å². The summed E-state index contributed by atoms with van der Waals surface area (Å²) >= 11 is 0. The first kappa shape index (κ1) is 25.4. The average molecular weight is 526 g/mol. The van der Waals surface area contributed by atoms with Gasteiger partial charge in [-0.05, 0) is 67.1 Å². The highest BCUT2D eigenvalue weighted by Crippen LogP contribution is 2.29. The molecule has 1 fully saturated rings. The van der Waals surface area contributed by atoms with E-state index < -0.39 is 29.7 Å². The molecule has 2 aliphatic heterocycles. The second kappa shape index (κ2) is 10.3. The van der Waals surface area contributed by atoms with Gasteiger partial charge in [-0.2, -0.15) is 0 Å². The minimum absolute atomic E-state index is 0.0799. The molecule has 10 heteroatoms. The molecule has 5 rings (SSSR count). The number of fused-ring (bicyclic) bond motifs is 1. The standard InChI is InChI=1S/C29H23N3O7/c1-3-39-20-11-9-19(10-12-20)32-28(36)23(25(33)30-29(32)37)15-17-8-13-24(38-2)18(14-17)16-31-26(34)21-6-4-5-7-22(21)27(31)35/h4-15H,3,16H2,1-2H3,(H,30,33,37)/b23-15-. The van der Waals surface area contributed by atoms with Crippen LogP contribution < -0.4 is 19.7 Å². The Morgan fingerprint density at radius 1 is 0.846 bits per heavy atom. The minimum atomic E-state index is -0.868. The maximum absolute atomic E-state index is 13.3. The number of methoxy groups -OCH3 is 1. The number of carbonyl (C=O) groups excluding carboxylic acids is 5. The molecule has 2 heterocycles. The number of rotatable bonds is 7. The van der Waals surface area contributed by atoms with Crippen LogP contribution in [0.4, 0.5) is 10.5 Å². The summed E-state index contributed by atoms with van der Waals surface area (Å²) in [7, 11) is 1.46. The summed E-state index contributed by atoms with van der Waals surface area (Å²) in [5, 5.41) is 2.19. The van der Waals surface area contributed by atoms with Crippen LogP contribution in [-0.2, 0) is 16.1 Å². The normalized spacial score (nSPS) is 16.1. The summed E-state index contributed by atoms with van der Waals surface area (Å²) in [6.45, 7) is 2.22. The van der Waals surface area contributed by atoms with E-state index in [2.05, 4.69) is 5.32 Å². The molecule has 196 valence electrons. The molecule has 1 N–H and O–H groups in total. The number of hydrogen-bond acceptors (Lipinski definition) is 7. The van der Waals surface area contributed by atoms with Crippen LogP contribution >= 0.6 is 0 Å². The Morgan fingerprint density at radius 2 is 1.51 bits per heavy atom. The smallest absolute Gasteiger partial charge is 0.335 e. The fourth-order valence-corrected chi connectivity index (χ4v) is 4.48. The number of hydrogen-bond donors (Lipinski definition) is 1. The highest BCUT2D eigenvalue weighted by molar-refractivity contribution is 6.39. The summed E-state index contributed by atoms with van der Waals surface area (Å²) < 4.78 is 10.8. The topological polar surface area (TPSA) is 122 Å². The van der Waals surface area contributed by atoms with Crippen molar-refractivity contribution in [2.24, 2.45) is 0 Å². The quantitative estimate of drug-likeness (QED) is 0.284. The Morgan fingerprint density at radius 3 is 2.13 bits per heavy atom. The third-order valence-electron chi connectivity index (χ3n) is 6.33. The Balaban J connectivity index is 1.45. The zero-order chi connectivity index (χ0) is 27.7. The van der Waals surface area contributed by atoms with Crippen LogP contribution in [0.1, 0.15) is 38.8 Å². The number of benzene rings is 3. The predicted molar refractivity (Wildman–Crippen MR) is 140 cm³/mol. The Hall–Kier alpha value is -5.25. The van der Waals surface area contributed by atoms with Crippen molar-refractivity contribution in [1.82, 2.24) is 10.2 Å². The highest BCUT2D eigenvalue weighted by Gasteiger charge is 2.37. The monoisotopic (exact) mass is 525 g/mol. The van der Waals surface area contributed by atoms with Gasteiger partial charge in [0, 0.05) is 5.56 Å². The fourth-order valence-electron chi connectivity index (χ4n) is 4.48. The van der Waals surface area contributed by atoms with Crippen LogP contribution in [0.2, 0.25) is 0 Å². The van der Waals surface area contributed by atoms with Gasteiger partial charge in [-0.15, -0.1) is 0 Å². The van der Waals surface area contributed by atoms with E-state index in [4.69, 9.17) is 9.47 Å². The van der Waals surface area contributed by atoms with Gasteiger partial charge in [0.05, 0.1) is 37.1 Å². The van der Waals surface area contributed by atoms with Crippen LogP contribution in [0.5, 0.6) is 11.5 Å². The molecule has 0 bridgehead atoms. The van der Waals surface area contributed by atoms with Crippen molar-refractivity contribution in [3.63, 3.8) is 0 Å². The van der Waals surface area contributed by atoms with E-state index in [9.17, 15) is 24.0 Å². The maximum atomic E-state index is 13.3. The lowest BCUT2D eigenvalue weighted by Gasteiger charge is -2.26. The lowest BCUT2D eigenvalue weighted by Crippen LogP contribution is -2.54. The van der Waals surface area contributed by atoms with E-state index in [1.807, 2.05) is 6.92 Å². The SMILES string of the molecule is CCOc1ccc(N2C(=O)NC(=O)/C(=C/c3ccc(OC)c(CN4C(=O)c5ccccc5C4=O)c3)C2=O)cc1. The second-order valence-electron chi connectivity index (χ2n) is 8.70. The number of barbiturate groups is 1. The third-order valence-corrected chi connectivity index (χ3v) is 6.33. The van der Waals surface area contributed by atoms with E-state index in [0.717, 1.165) is 9.80 Å². The molecule has 0 aliphatic carbocycles. The molecule has 0 spiro atoms. The first-order chi connectivity index (χ1) is 18.8.